The van der Waals surface area contributed by atoms with Gasteiger partial charge in [-0.3, -0.25) is 9.78 Å². The summed E-state index contributed by atoms with van der Waals surface area (Å²) in [5.74, 6) is -0.684. The molecular formula is C14H14ClNO3. The summed E-state index contributed by atoms with van der Waals surface area (Å²) >= 11 is 6.05. The van der Waals surface area contributed by atoms with E-state index in [2.05, 4.69) is 4.98 Å². The number of carbonyl (C=O) groups is 1. The molecule has 1 atom stereocenters. The Morgan fingerprint density at radius 3 is 2.84 bits per heavy atom. The number of pyridine rings is 1. The van der Waals surface area contributed by atoms with Gasteiger partial charge < -0.3 is 9.84 Å². The Morgan fingerprint density at radius 1 is 1.47 bits per heavy atom. The molecule has 1 heterocycles. The number of nitrogens with zero attached hydrogens (tertiary/aromatic N) is 1. The number of rotatable bonds is 4. The summed E-state index contributed by atoms with van der Waals surface area (Å²) in [4.78, 5) is 15.3. The molecule has 0 amide bonds. The Morgan fingerprint density at radius 2 is 2.21 bits per heavy atom. The van der Waals surface area contributed by atoms with Crippen molar-refractivity contribution in [2.75, 3.05) is 7.11 Å². The minimum Gasteiger partial charge on any atom is -0.495 e. The molecule has 0 spiro atoms. The number of hydrogen-bond acceptors (Lipinski definition) is 3. The van der Waals surface area contributed by atoms with Crippen molar-refractivity contribution >= 4 is 28.5 Å². The number of methoxy groups -OCH3 is 1. The molecule has 2 aromatic rings. The normalized spacial score (nSPS) is 12.4. The first-order valence-corrected chi connectivity index (χ1v) is 6.25. The fraction of sp³-hybridized carbons (Fsp3) is 0.286. The zero-order valence-electron chi connectivity index (χ0n) is 10.7. The van der Waals surface area contributed by atoms with E-state index in [9.17, 15) is 4.79 Å². The molecular weight excluding hydrogens is 266 g/mol. The van der Waals surface area contributed by atoms with Gasteiger partial charge in [0.05, 0.1) is 23.6 Å². The number of carboxylic acid groups (broad SMARTS) is 1. The Hall–Kier alpha value is -1.81. The molecule has 4 nitrogen and oxygen atoms in total. The Labute approximate surface area is 116 Å². The average molecular weight is 280 g/mol. The lowest BCUT2D eigenvalue weighted by atomic mass is 10.0. The molecule has 100 valence electrons. The van der Waals surface area contributed by atoms with E-state index in [0.29, 0.717) is 17.2 Å². The molecule has 0 saturated carbocycles. The van der Waals surface area contributed by atoms with Gasteiger partial charge in [0.2, 0.25) is 0 Å². The summed E-state index contributed by atoms with van der Waals surface area (Å²) in [5.41, 5.74) is 1.48. The number of carboxylic acids is 1. The topological polar surface area (TPSA) is 59.4 Å². The highest BCUT2D eigenvalue weighted by atomic mass is 35.5. The summed E-state index contributed by atoms with van der Waals surface area (Å²) in [6.45, 7) is 1.66. The monoisotopic (exact) mass is 279 g/mol. The van der Waals surface area contributed by atoms with Crippen LogP contribution in [0.4, 0.5) is 0 Å². The smallest absolute Gasteiger partial charge is 0.306 e. The van der Waals surface area contributed by atoms with Gasteiger partial charge in [0.1, 0.15) is 5.75 Å². The maximum absolute atomic E-state index is 10.8. The van der Waals surface area contributed by atoms with E-state index in [-0.39, 0.29) is 0 Å². The van der Waals surface area contributed by atoms with E-state index >= 15 is 0 Å². The fourth-order valence-electron chi connectivity index (χ4n) is 1.84. The molecule has 0 aliphatic carbocycles. The van der Waals surface area contributed by atoms with Crippen LogP contribution in [0.2, 0.25) is 5.02 Å². The highest BCUT2D eigenvalue weighted by Crippen LogP contribution is 2.29. The van der Waals surface area contributed by atoms with Crippen molar-refractivity contribution in [3.8, 4) is 5.75 Å². The second-order valence-corrected chi connectivity index (χ2v) is 4.83. The zero-order valence-corrected chi connectivity index (χ0v) is 11.4. The van der Waals surface area contributed by atoms with Gasteiger partial charge in [-0.2, -0.15) is 0 Å². The number of aromatic nitrogens is 1. The van der Waals surface area contributed by atoms with Crippen molar-refractivity contribution in [2.45, 2.75) is 13.3 Å². The van der Waals surface area contributed by atoms with E-state index in [0.717, 1.165) is 16.6 Å². The second-order valence-electron chi connectivity index (χ2n) is 4.43. The molecule has 5 heteroatoms. The van der Waals surface area contributed by atoms with Crippen LogP contribution in [0, 0.1) is 5.92 Å². The number of ether oxygens (including phenoxy) is 1. The SMILES string of the molecule is COc1cc2ccc(CC(C)C(=O)O)nc2cc1Cl. The van der Waals surface area contributed by atoms with E-state index in [1.54, 1.807) is 20.1 Å². The van der Waals surface area contributed by atoms with Crippen LogP contribution < -0.4 is 4.74 Å². The van der Waals surface area contributed by atoms with Crippen LogP contribution in [0.15, 0.2) is 24.3 Å². The predicted octanol–water partition coefficient (Wildman–Crippen LogP) is 3.16. The maximum Gasteiger partial charge on any atom is 0.306 e. The summed E-state index contributed by atoms with van der Waals surface area (Å²) in [6, 6.07) is 7.26. The third kappa shape index (κ3) is 2.96. The van der Waals surface area contributed by atoms with Gasteiger partial charge >= 0.3 is 5.97 Å². The average Bonchev–Trinajstić information content (AvgIpc) is 2.37. The summed E-state index contributed by atoms with van der Waals surface area (Å²) in [5, 5.41) is 10.3. The van der Waals surface area contributed by atoms with Crippen LogP contribution in [-0.2, 0) is 11.2 Å². The number of fused-ring (bicyclic) bond motifs is 1. The summed E-state index contributed by atoms with van der Waals surface area (Å²) in [7, 11) is 1.56. The third-order valence-corrected chi connectivity index (χ3v) is 3.25. The summed E-state index contributed by atoms with van der Waals surface area (Å²) < 4.78 is 5.14. The van der Waals surface area contributed by atoms with Crippen molar-refractivity contribution in [3.05, 3.63) is 35.0 Å². The third-order valence-electron chi connectivity index (χ3n) is 2.96. The number of hydrogen-bond donors (Lipinski definition) is 1. The van der Waals surface area contributed by atoms with Crippen LogP contribution in [-0.4, -0.2) is 23.2 Å². The molecule has 1 aromatic heterocycles. The Bertz CT molecular complexity index is 627. The van der Waals surface area contributed by atoms with Crippen LogP contribution in [0.25, 0.3) is 10.9 Å². The van der Waals surface area contributed by atoms with Crippen molar-refractivity contribution in [1.29, 1.82) is 0 Å². The van der Waals surface area contributed by atoms with E-state index in [1.807, 2.05) is 18.2 Å². The van der Waals surface area contributed by atoms with Crippen LogP contribution >= 0.6 is 11.6 Å². The Balaban J connectivity index is 2.38. The fourth-order valence-corrected chi connectivity index (χ4v) is 2.07. The highest BCUT2D eigenvalue weighted by molar-refractivity contribution is 6.32. The molecule has 0 saturated heterocycles. The van der Waals surface area contributed by atoms with Crippen LogP contribution in [0.3, 0.4) is 0 Å². The number of benzene rings is 1. The van der Waals surface area contributed by atoms with Gasteiger partial charge in [-0.1, -0.05) is 24.6 Å². The van der Waals surface area contributed by atoms with Gasteiger partial charge in [0.15, 0.2) is 0 Å². The van der Waals surface area contributed by atoms with Gasteiger partial charge in [0, 0.05) is 17.5 Å². The van der Waals surface area contributed by atoms with Crippen molar-refractivity contribution < 1.29 is 14.6 Å². The Kier molecular flexibility index (Phi) is 3.90. The molecule has 0 aliphatic rings. The standard InChI is InChI=1S/C14H14ClNO3/c1-8(14(17)18)5-10-4-3-9-6-13(19-2)11(15)7-12(9)16-10/h3-4,6-8H,5H2,1-2H3,(H,17,18). The molecule has 1 N–H and O–H groups in total. The lowest BCUT2D eigenvalue weighted by Gasteiger charge is -2.08. The van der Waals surface area contributed by atoms with E-state index in [4.69, 9.17) is 21.4 Å². The van der Waals surface area contributed by atoms with Crippen LogP contribution in [0.5, 0.6) is 5.75 Å². The first kappa shape index (κ1) is 13.6. The predicted molar refractivity (Wildman–Crippen MR) is 73.8 cm³/mol. The largest absolute Gasteiger partial charge is 0.495 e. The quantitative estimate of drug-likeness (QED) is 0.934. The molecule has 1 aromatic carbocycles. The molecule has 2 rings (SSSR count). The minimum absolute atomic E-state index is 0.398. The minimum atomic E-state index is -0.824. The van der Waals surface area contributed by atoms with Gasteiger partial charge in [0.25, 0.3) is 0 Å². The first-order valence-electron chi connectivity index (χ1n) is 5.87. The maximum atomic E-state index is 10.8. The van der Waals surface area contributed by atoms with Crippen molar-refractivity contribution in [1.82, 2.24) is 4.98 Å². The van der Waals surface area contributed by atoms with Gasteiger partial charge in [-0.15, -0.1) is 0 Å². The zero-order chi connectivity index (χ0) is 14.0. The molecule has 0 fully saturated rings. The highest BCUT2D eigenvalue weighted by Gasteiger charge is 2.13. The van der Waals surface area contributed by atoms with E-state index in [1.165, 1.54) is 0 Å². The summed E-state index contributed by atoms with van der Waals surface area (Å²) in [6.07, 6.45) is 0.398. The lowest BCUT2D eigenvalue weighted by molar-refractivity contribution is -0.141. The molecule has 1 unspecified atom stereocenters. The molecule has 0 bridgehead atoms. The molecule has 0 aliphatic heterocycles. The molecule has 0 radical (unpaired) electrons. The number of aliphatic carboxylic acids is 1. The van der Waals surface area contributed by atoms with Crippen LogP contribution in [0.1, 0.15) is 12.6 Å². The van der Waals surface area contributed by atoms with Gasteiger partial charge in [-0.25, -0.2) is 0 Å². The van der Waals surface area contributed by atoms with E-state index < -0.39 is 11.9 Å². The van der Waals surface area contributed by atoms with Crippen molar-refractivity contribution in [2.24, 2.45) is 5.92 Å². The molecule has 19 heavy (non-hydrogen) atoms. The van der Waals surface area contributed by atoms with Crippen molar-refractivity contribution in [3.63, 3.8) is 0 Å². The van der Waals surface area contributed by atoms with Gasteiger partial charge in [-0.05, 0) is 18.2 Å². The second kappa shape index (κ2) is 5.45. The lowest BCUT2D eigenvalue weighted by Crippen LogP contribution is -2.13. The first-order chi connectivity index (χ1) is 9.01. The number of halogens is 1.